The van der Waals surface area contributed by atoms with Gasteiger partial charge in [0.1, 0.15) is 5.82 Å². The maximum atomic E-state index is 13.2. The van der Waals surface area contributed by atoms with Crippen LogP contribution in [0.4, 0.5) is 11.4 Å². The predicted molar refractivity (Wildman–Crippen MR) is 150 cm³/mol. The van der Waals surface area contributed by atoms with Crippen LogP contribution in [0.5, 0.6) is 5.75 Å². The molecule has 4 rings (SSSR count). The van der Waals surface area contributed by atoms with Gasteiger partial charge in [-0.15, -0.1) is 0 Å². The molecule has 38 heavy (non-hydrogen) atoms. The quantitative estimate of drug-likeness (QED) is 0.150. The van der Waals surface area contributed by atoms with Crippen LogP contribution in [0.2, 0.25) is 10.0 Å². The van der Waals surface area contributed by atoms with E-state index in [2.05, 4.69) is 31.3 Å². The Labute approximate surface area is 234 Å². The van der Waals surface area contributed by atoms with Gasteiger partial charge in [0.05, 0.1) is 22.0 Å². The van der Waals surface area contributed by atoms with E-state index in [1.165, 1.54) is 12.3 Å². The molecule has 0 radical (unpaired) electrons. The summed E-state index contributed by atoms with van der Waals surface area (Å²) in [6.07, 6.45) is 1.60. The Morgan fingerprint density at radius 3 is 2.61 bits per heavy atom. The van der Waals surface area contributed by atoms with E-state index in [1.54, 1.807) is 42.5 Å². The highest BCUT2D eigenvalue weighted by Crippen LogP contribution is 2.34. The Morgan fingerprint density at radius 2 is 1.92 bits per heavy atom. The Bertz CT molecular complexity index is 1640. The molecule has 0 aliphatic rings. The number of hydrogen-bond acceptors (Lipinski definition) is 7. The third-order valence-corrected chi connectivity index (χ3v) is 6.20. The minimum atomic E-state index is -0.686. The summed E-state index contributed by atoms with van der Waals surface area (Å²) in [5, 5.41) is 19.5. The number of amides is 1. The second-order valence-corrected chi connectivity index (χ2v) is 9.64. The molecule has 4 aromatic rings. The third-order valence-electron chi connectivity index (χ3n) is 5.24. The number of carbonyl (C=O) groups excluding carboxylic acids is 1. The molecular weight excluding hydrogens is 601 g/mol. The van der Waals surface area contributed by atoms with Crippen molar-refractivity contribution in [3.05, 3.63) is 101 Å². The number of halogens is 3. The second-order valence-electron chi connectivity index (χ2n) is 7.85. The van der Waals surface area contributed by atoms with Gasteiger partial charge in [0.25, 0.3) is 11.5 Å². The van der Waals surface area contributed by atoms with Gasteiger partial charge in [0.15, 0.2) is 6.61 Å². The molecule has 1 aromatic heterocycles. The fourth-order valence-corrected chi connectivity index (χ4v) is 4.23. The number of nitro benzene ring substituents is 1. The van der Waals surface area contributed by atoms with Crippen LogP contribution >= 0.6 is 39.1 Å². The molecule has 0 atom stereocenters. The summed E-state index contributed by atoms with van der Waals surface area (Å²) >= 11 is 15.3. The summed E-state index contributed by atoms with van der Waals surface area (Å²) in [6.45, 7) is 1.27. The normalized spacial score (nSPS) is 11.2. The zero-order chi connectivity index (χ0) is 27.4. The second kappa shape index (κ2) is 11.7. The van der Waals surface area contributed by atoms with E-state index in [0.29, 0.717) is 38.3 Å². The van der Waals surface area contributed by atoms with Crippen LogP contribution < -0.4 is 15.6 Å². The number of carbonyl (C=O) groups is 1. The van der Waals surface area contributed by atoms with E-state index in [9.17, 15) is 19.7 Å². The number of rotatable bonds is 8. The first-order valence-electron chi connectivity index (χ1n) is 11.1. The van der Waals surface area contributed by atoms with Crippen LogP contribution in [0, 0.1) is 10.1 Å². The molecule has 0 saturated heterocycles. The smallest absolute Gasteiger partial charge is 0.313 e. The first kappa shape index (κ1) is 27.2. The molecule has 0 unspecified atom stereocenters. The number of fused-ring (bicyclic) bond motifs is 1. The van der Waals surface area contributed by atoms with Crippen LogP contribution in [0.15, 0.2) is 69.0 Å². The molecule has 0 saturated carbocycles. The standard InChI is InChI=1S/C25H18BrCl2N5O5/c1-2-22-31-20-8-3-15(26)10-19(20)25(35)32(22)29-12-14-9-17(28)11-21(33(36)37)24(14)38-13-23(34)30-18-6-4-16(27)5-7-18/h3-12H,2,13H2,1H3,(H,30,34). The van der Waals surface area contributed by atoms with Crippen molar-refractivity contribution in [1.82, 2.24) is 9.66 Å². The lowest BCUT2D eigenvalue weighted by atomic mass is 10.2. The Balaban J connectivity index is 1.70. The summed E-state index contributed by atoms with van der Waals surface area (Å²) in [7, 11) is 0. The van der Waals surface area contributed by atoms with E-state index >= 15 is 0 Å². The van der Waals surface area contributed by atoms with Gasteiger partial charge in [-0.25, -0.2) is 4.98 Å². The Morgan fingerprint density at radius 1 is 1.18 bits per heavy atom. The molecule has 0 aliphatic heterocycles. The lowest BCUT2D eigenvalue weighted by Crippen LogP contribution is -2.22. The molecule has 0 bridgehead atoms. The highest BCUT2D eigenvalue weighted by atomic mass is 79.9. The molecule has 0 spiro atoms. The number of hydrogen-bond donors (Lipinski definition) is 1. The third kappa shape index (κ3) is 6.18. The topological polar surface area (TPSA) is 129 Å². The Kier molecular flexibility index (Phi) is 8.40. The van der Waals surface area contributed by atoms with Crippen molar-refractivity contribution < 1.29 is 14.5 Å². The number of anilines is 1. The van der Waals surface area contributed by atoms with Crippen LogP contribution in [-0.4, -0.2) is 33.3 Å². The monoisotopic (exact) mass is 617 g/mol. The van der Waals surface area contributed by atoms with Crippen molar-refractivity contribution in [2.75, 3.05) is 11.9 Å². The van der Waals surface area contributed by atoms with Gasteiger partial charge >= 0.3 is 5.69 Å². The number of aromatic nitrogens is 2. The molecule has 1 N–H and O–H groups in total. The van der Waals surface area contributed by atoms with Gasteiger partial charge in [-0.2, -0.15) is 9.78 Å². The molecule has 0 fully saturated rings. The zero-order valence-corrected chi connectivity index (χ0v) is 22.7. The van der Waals surface area contributed by atoms with E-state index in [-0.39, 0.29) is 16.3 Å². The lowest BCUT2D eigenvalue weighted by molar-refractivity contribution is -0.385. The van der Waals surface area contributed by atoms with Crippen LogP contribution in [0.3, 0.4) is 0 Å². The van der Waals surface area contributed by atoms with Crippen molar-refractivity contribution >= 4 is 73.5 Å². The van der Waals surface area contributed by atoms with Crippen LogP contribution in [0.25, 0.3) is 10.9 Å². The maximum absolute atomic E-state index is 13.2. The zero-order valence-electron chi connectivity index (χ0n) is 19.7. The molecule has 10 nitrogen and oxygen atoms in total. The average molecular weight is 619 g/mol. The minimum Gasteiger partial charge on any atom is -0.476 e. The maximum Gasteiger partial charge on any atom is 0.313 e. The van der Waals surface area contributed by atoms with Crippen molar-refractivity contribution in [1.29, 1.82) is 0 Å². The number of nitro groups is 1. The van der Waals surface area contributed by atoms with Gasteiger partial charge < -0.3 is 10.1 Å². The number of benzene rings is 3. The van der Waals surface area contributed by atoms with Gasteiger partial charge in [-0.3, -0.25) is 19.7 Å². The number of ether oxygens (including phenoxy) is 1. The highest BCUT2D eigenvalue weighted by molar-refractivity contribution is 9.10. The summed E-state index contributed by atoms with van der Waals surface area (Å²) < 4.78 is 7.37. The molecule has 194 valence electrons. The first-order chi connectivity index (χ1) is 18.2. The number of nitrogens with zero attached hydrogens (tertiary/aromatic N) is 4. The molecule has 0 aliphatic carbocycles. The van der Waals surface area contributed by atoms with Gasteiger partial charge in [-0.05, 0) is 48.5 Å². The van der Waals surface area contributed by atoms with Crippen molar-refractivity contribution in [3.63, 3.8) is 0 Å². The summed E-state index contributed by atoms with van der Waals surface area (Å²) in [4.78, 5) is 41.2. The van der Waals surface area contributed by atoms with Gasteiger partial charge in [0.2, 0.25) is 5.75 Å². The number of nitrogens with one attached hydrogen (secondary N) is 1. The summed E-state index contributed by atoms with van der Waals surface area (Å²) in [5.74, 6) is -0.423. The lowest BCUT2D eigenvalue weighted by Gasteiger charge is -2.11. The largest absolute Gasteiger partial charge is 0.476 e. The fraction of sp³-hybridized carbons (Fsp3) is 0.120. The van der Waals surface area contributed by atoms with E-state index in [4.69, 9.17) is 27.9 Å². The predicted octanol–water partition coefficient (Wildman–Crippen LogP) is 5.84. The number of aryl methyl sites for hydroxylation is 1. The van der Waals surface area contributed by atoms with Crippen molar-refractivity contribution in [2.45, 2.75) is 13.3 Å². The first-order valence-corrected chi connectivity index (χ1v) is 12.6. The molecule has 13 heteroatoms. The van der Waals surface area contributed by atoms with Gasteiger partial charge in [-0.1, -0.05) is 46.1 Å². The fourth-order valence-electron chi connectivity index (χ4n) is 3.52. The van der Waals surface area contributed by atoms with E-state index < -0.39 is 28.7 Å². The van der Waals surface area contributed by atoms with E-state index in [0.717, 1.165) is 10.7 Å². The van der Waals surface area contributed by atoms with Crippen LogP contribution in [0.1, 0.15) is 18.3 Å². The molecular formula is C25H18BrCl2N5O5. The highest BCUT2D eigenvalue weighted by Gasteiger charge is 2.22. The minimum absolute atomic E-state index is 0.0414. The Hall–Kier alpha value is -3.80. The summed E-state index contributed by atoms with van der Waals surface area (Å²) in [5.41, 5.74) is 0.173. The molecule has 3 aromatic carbocycles. The molecule has 1 amide bonds. The van der Waals surface area contributed by atoms with Crippen molar-refractivity contribution in [2.24, 2.45) is 5.10 Å². The van der Waals surface area contributed by atoms with Gasteiger partial charge in [0, 0.05) is 38.3 Å². The van der Waals surface area contributed by atoms with Crippen LogP contribution in [-0.2, 0) is 11.2 Å². The van der Waals surface area contributed by atoms with Crippen molar-refractivity contribution in [3.8, 4) is 5.75 Å². The van der Waals surface area contributed by atoms with E-state index in [1.807, 2.05) is 6.92 Å². The molecule has 1 heterocycles. The SMILES string of the molecule is CCc1nc2ccc(Br)cc2c(=O)n1N=Cc1cc(Cl)cc([N+](=O)[O-])c1OCC(=O)Nc1ccc(Cl)cc1. The average Bonchev–Trinajstić information content (AvgIpc) is 2.88. The summed E-state index contributed by atoms with van der Waals surface area (Å²) in [6, 6.07) is 14.0.